The first-order valence-corrected chi connectivity index (χ1v) is 7.45. The number of hydrogen-bond acceptors (Lipinski definition) is 3. The van der Waals surface area contributed by atoms with E-state index in [4.69, 9.17) is 0 Å². The van der Waals surface area contributed by atoms with Crippen LogP contribution in [0.2, 0.25) is 0 Å². The van der Waals surface area contributed by atoms with Crippen molar-refractivity contribution in [1.29, 1.82) is 0 Å². The Labute approximate surface area is 124 Å². The highest BCUT2D eigenvalue weighted by Crippen LogP contribution is 2.23. The molecule has 1 aromatic heterocycles. The summed E-state index contributed by atoms with van der Waals surface area (Å²) >= 11 is 1.22. The number of para-hydroxylation sites is 1. The maximum atomic E-state index is 12.3. The SMILES string of the molecule is O=c1sc2ccc3ccccc3c2n[n+]1-c1ccccc1. The Hall–Kier alpha value is -2.59. The topological polar surface area (TPSA) is 33.8 Å². The van der Waals surface area contributed by atoms with Crippen molar-refractivity contribution < 1.29 is 4.68 Å². The molecule has 4 aromatic rings. The van der Waals surface area contributed by atoms with E-state index in [0.717, 1.165) is 26.7 Å². The maximum Gasteiger partial charge on any atom is 0.504 e. The monoisotopic (exact) mass is 291 g/mol. The molecule has 0 atom stereocenters. The molecule has 0 unspecified atom stereocenters. The number of nitrogens with zero attached hydrogens (tertiary/aromatic N) is 2. The minimum absolute atomic E-state index is 0.0796. The normalized spacial score (nSPS) is 11.0. The zero-order chi connectivity index (χ0) is 14.2. The van der Waals surface area contributed by atoms with E-state index in [1.807, 2.05) is 60.7 Å². The molecule has 1 heterocycles. The Kier molecular flexibility index (Phi) is 2.75. The number of benzene rings is 3. The van der Waals surface area contributed by atoms with Gasteiger partial charge in [-0.15, -0.1) is 0 Å². The fourth-order valence-corrected chi connectivity index (χ4v) is 3.24. The molecule has 100 valence electrons. The Morgan fingerprint density at radius 2 is 1.62 bits per heavy atom. The highest BCUT2D eigenvalue weighted by Gasteiger charge is 2.17. The fourth-order valence-electron chi connectivity index (χ4n) is 2.43. The van der Waals surface area contributed by atoms with E-state index in [2.05, 4.69) is 11.2 Å². The summed E-state index contributed by atoms with van der Waals surface area (Å²) in [6.07, 6.45) is 0. The summed E-state index contributed by atoms with van der Waals surface area (Å²) in [6.45, 7) is 0. The van der Waals surface area contributed by atoms with Crippen molar-refractivity contribution >= 4 is 32.3 Å². The first-order chi connectivity index (χ1) is 10.3. The van der Waals surface area contributed by atoms with Gasteiger partial charge >= 0.3 is 4.87 Å². The zero-order valence-electron chi connectivity index (χ0n) is 11.1. The predicted molar refractivity (Wildman–Crippen MR) is 84.9 cm³/mol. The van der Waals surface area contributed by atoms with E-state index < -0.39 is 0 Å². The van der Waals surface area contributed by atoms with Gasteiger partial charge in [0.25, 0.3) is 0 Å². The predicted octanol–water partition coefficient (Wildman–Crippen LogP) is 3.09. The highest BCUT2D eigenvalue weighted by molar-refractivity contribution is 7.15. The zero-order valence-corrected chi connectivity index (χ0v) is 11.9. The van der Waals surface area contributed by atoms with Crippen LogP contribution >= 0.6 is 11.3 Å². The molecule has 3 aromatic carbocycles. The van der Waals surface area contributed by atoms with Crippen LogP contribution < -0.4 is 9.55 Å². The Morgan fingerprint density at radius 1 is 0.857 bits per heavy atom. The van der Waals surface area contributed by atoms with Crippen LogP contribution in [0.4, 0.5) is 0 Å². The molecule has 0 fully saturated rings. The fraction of sp³-hybridized carbons (Fsp3) is 0. The van der Waals surface area contributed by atoms with Crippen LogP contribution in [-0.4, -0.2) is 5.10 Å². The molecule has 0 saturated heterocycles. The second-order valence-electron chi connectivity index (χ2n) is 4.75. The number of aromatic nitrogens is 2. The van der Waals surface area contributed by atoms with Gasteiger partial charge in [0.05, 0.1) is 4.70 Å². The summed E-state index contributed by atoms with van der Waals surface area (Å²) in [6, 6.07) is 21.6. The van der Waals surface area contributed by atoms with Gasteiger partial charge in [-0.1, -0.05) is 48.5 Å². The molecule has 0 aliphatic heterocycles. The van der Waals surface area contributed by atoms with E-state index in [1.54, 1.807) is 0 Å². The van der Waals surface area contributed by atoms with Crippen LogP contribution in [0, 0.1) is 0 Å². The van der Waals surface area contributed by atoms with Gasteiger partial charge in [-0.3, -0.25) is 0 Å². The standard InChI is InChI=1S/C17H11N2OS/c20-17-19(13-7-2-1-3-8-13)18-16-14-9-5-4-6-12(14)10-11-15(16)21-17/h1-11H/q+1. The van der Waals surface area contributed by atoms with Gasteiger partial charge in [-0.25, -0.2) is 4.79 Å². The van der Waals surface area contributed by atoms with Crippen LogP contribution in [0.3, 0.4) is 0 Å². The second-order valence-corrected chi connectivity index (χ2v) is 5.74. The quantitative estimate of drug-likeness (QED) is 0.399. The lowest BCUT2D eigenvalue weighted by Crippen LogP contribution is -2.49. The summed E-state index contributed by atoms with van der Waals surface area (Å²) < 4.78 is 2.38. The number of rotatable bonds is 1. The van der Waals surface area contributed by atoms with Crippen LogP contribution in [-0.2, 0) is 0 Å². The van der Waals surface area contributed by atoms with Crippen LogP contribution in [0.5, 0.6) is 0 Å². The lowest BCUT2D eigenvalue weighted by molar-refractivity contribution is -0.667. The molecule has 0 aliphatic rings. The molecule has 3 nitrogen and oxygen atoms in total. The minimum Gasteiger partial charge on any atom is -0.200 e. The van der Waals surface area contributed by atoms with E-state index in [-0.39, 0.29) is 4.87 Å². The molecule has 0 aliphatic carbocycles. The smallest absolute Gasteiger partial charge is 0.200 e. The Balaban J connectivity index is 2.12. The van der Waals surface area contributed by atoms with Crippen LogP contribution in [0.15, 0.2) is 71.5 Å². The average molecular weight is 291 g/mol. The number of fused-ring (bicyclic) bond motifs is 3. The van der Waals surface area contributed by atoms with Gasteiger partial charge in [-0.05, 0) is 22.8 Å². The molecule has 0 saturated carbocycles. The van der Waals surface area contributed by atoms with Gasteiger partial charge in [0.2, 0.25) is 5.69 Å². The van der Waals surface area contributed by atoms with Crippen molar-refractivity contribution in [3.63, 3.8) is 0 Å². The third-order valence-corrected chi connectivity index (χ3v) is 4.33. The third-order valence-electron chi connectivity index (χ3n) is 3.43. The highest BCUT2D eigenvalue weighted by atomic mass is 32.1. The first kappa shape index (κ1) is 12.2. The molecule has 0 spiro atoms. The number of hydrogen-bond donors (Lipinski definition) is 0. The maximum absolute atomic E-state index is 12.3. The molecule has 0 amide bonds. The van der Waals surface area contributed by atoms with E-state index >= 15 is 0 Å². The first-order valence-electron chi connectivity index (χ1n) is 6.63. The van der Waals surface area contributed by atoms with Crippen molar-refractivity contribution in [3.8, 4) is 5.69 Å². The summed E-state index contributed by atoms with van der Waals surface area (Å²) in [5.74, 6) is 0. The molecule has 4 heteroatoms. The molecule has 0 N–H and O–H groups in total. The average Bonchev–Trinajstić information content (AvgIpc) is 2.55. The largest absolute Gasteiger partial charge is 0.504 e. The van der Waals surface area contributed by atoms with Gasteiger partial charge in [0.15, 0.2) is 5.52 Å². The van der Waals surface area contributed by atoms with E-state index in [0.29, 0.717) is 0 Å². The summed E-state index contributed by atoms with van der Waals surface area (Å²) in [5.41, 5.74) is 1.65. The van der Waals surface area contributed by atoms with Crippen molar-refractivity contribution in [2.75, 3.05) is 0 Å². The molecule has 4 rings (SSSR count). The minimum atomic E-state index is -0.0796. The van der Waals surface area contributed by atoms with Crippen LogP contribution in [0.25, 0.3) is 26.7 Å². The van der Waals surface area contributed by atoms with Gasteiger partial charge in [-0.2, -0.15) is 0 Å². The molecule has 21 heavy (non-hydrogen) atoms. The van der Waals surface area contributed by atoms with Crippen molar-refractivity contribution in [1.82, 2.24) is 5.10 Å². The van der Waals surface area contributed by atoms with Gasteiger partial charge < -0.3 is 0 Å². The van der Waals surface area contributed by atoms with Crippen LogP contribution in [0.1, 0.15) is 0 Å². The van der Waals surface area contributed by atoms with Gasteiger partial charge in [0, 0.05) is 27.3 Å². The van der Waals surface area contributed by atoms with E-state index in [1.165, 1.54) is 16.0 Å². The summed E-state index contributed by atoms with van der Waals surface area (Å²) in [4.78, 5) is 12.2. The lowest BCUT2D eigenvalue weighted by atomic mass is 10.1. The summed E-state index contributed by atoms with van der Waals surface area (Å²) in [5, 5.41) is 6.78. The Morgan fingerprint density at radius 3 is 2.48 bits per heavy atom. The second kappa shape index (κ2) is 4.75. The van der Waals surface area contributed by atoms with Crippen molar-refractivity contribution in [2.45, 2.75) is 0 Å². The lowest BCUT2D eigenvalue weighted by Gasteiger charge is -2.00. The van der Waals surface area contributed by atoms with Crippen molar-refractivity contribution in [2.24, 2.45) is 0 Å². The molecule has 0 bridgehead atoms. The molecule has 0 radical (unpaired) electrons. The molecular formula is C17H11N2OS+. The van der Waals surface area contributed by atoms with Crippen molar-refractivity contribution in [3.05, 3.63) is 76.4 Å². The van der Waals surface area contributed by atoms with Gasteiger partial charge in [0.1, 0.15) is 0 Å². The Bertz CT molecular complexity index is 1010. The molecular weight excluding hydrogens is 280 g/mol. The summed E-state index contributed by atoms with van der Waals surface area (Å²) in [7, 11) is 0. The third kappa shape index (κ3) is 2.00. The van der Waals surface area contributed by atoms with E-state index in [9.17, 15) is 4.79 Å².